The zero-order valence-corrected chi connectivity index (χ0v) is 10.9. The molecule has 4 unspecified atom stereocenters. The number of fused-ring (bicyclic) bond motifs is 2. The highest BCUT2D eigenvalue weighted by molar-refractivity contribution is 5.87. The molecule has 2 bridgehead atoms. The number of ether oxygens (including phenoxy) is 1. The van der Waals surface area contributed by atoms with Crippen molar-refractivity contribution in [2.75, 3.05) is 6.61 Å². The molecule has 5 heteroatoms. The molecule has 2 aliphatic carbocycles. The van der Waals surface area contributed by atoms with E-state index in [1.54, 1.807) is 0 Å². The number of carbonyl (C=O) groups excluding carboxylic acids is 1. The van der Waals surface area contributed by atoms with Crippen LogP contribution in [-0.2, 0) is 14.3 Å². The monoisotopic (exact) mass is 265 g/mol. The molecule has 1 saturated heterocycles. The van der Waals surface area contributed by atoms with E-state index in [0.717, 1.165) is 12.8 Å². The highest BCUT2D eigenvalue weighted by atomic mass is 16.5. The first kappa shape index (κ1) is 12.7. The molecule has 0 spiro atoms. The van der Waals surface area contributed by atoms with Gasteiger partial charge in [0.1, 0.15) is 0 Å². The van der Waals surface area contributed by atoms with Crippen LogP contribution in [0.3, 0.4) is 0 Å². The Kier molecular flexibility index (Phi) is 3.09. The summed E-state index contributed by atoms with van der Waals surface area (Å²) in [6.45, 7) is 2.60. The van der Waals surface area contributed by atoms with Gasteiger partial charge in [-0.1, -0.05) is 12.2 Å². The fourth-order valence-electron chi connectivity index (χ4n) is 3.72. The maximum Gasteiger partial charge on any atom is 0.307 e. The summed E-state index contributed by atoms with van der Waals surface area (Å²) in [5.41, 5.74) is 0. The lowest BCUT2D eigenvalue weighted by atomic mass is 9.82. The first-order valence-electron chi connectivity index (χ1n) is 6.91. The van der Waals surface area contributed by atoms with Gasteiger partial charge in [-0.3, -0.25) is 9.59 Å². The Balaban J connectivity index is 1.72. The standard InChI is InChI=1S/C14H19NO4/c1-7-10(4-5-19-7)15-13(16)11-8-2-3-9(6-8)12(11)14(17)18/h2-3,7-12H,4-6H2,1H3,(H,15,16)(H,17,18)/t7?,8?,9?,10?,11-,12+/m0/s1. The molecule has 0 aromatic rings. The van der Waals surface area contributed by atoms with Gasteiger partial charge in [-0.25, -0.2) is 0 Å². The normalized spacial score (nSPS) is 43.6. The average molecular weight is 265 g/mol. The Morgan fingerprint density at radius 3 is 2.53 bits per heavy atom. The first-order chi connectivity index (χ1) is 9.08. The molecule has 2 N–H and O–H groups in total. The molecule has 6 atom stereocenters. The number of hydrogen-bond donors (Lipinski definition) is 2. The van der Waals surface area contributed by atoms with Crippen molar-refractivity contribution >= 4 is 11.9 Å². The van der Waals surface area contributed by atoms with Crippen molar-refractivity contribution in [3.8, 4) is 0 Å². The van der Waals surface area contributed by atoms with Gasteiger partial charge >= 0.3 is 5.97 Å². The number of carboxylic acids is 1. The molecule has 1 heterocycles. The summed E-state index contributed by atoms with van der Waals surface area (Å²) in [5, 5.41) is 12.3. The number of aliphatic carboxylic acids is 1. The second-order valence-corrected chi connectivity index (χ2v) is 5.82. The molecule has 19 heavy (non-hydrogen) atoms. The molecule has 104 valence electrons. The quantitative estimate of drug-likeness (QED) is 0.740. The van der Waals surface area contributed by atoms with Gasteiger partial charge in [0.25, 0.3) is 0 Å². The molecular weight excluding hydrogens is 246 g/mol. The van der Waals surface area contributed by atoms with Crippen LogP contribution in [0.4, 0.5) is 0 Å². The Morgan fingerprint density at radius 1 is 1.26 bits per heavy atom. The van der Waals surface area contributed by atoms with Gasteiger partial charge in [0, 0.05) is 6.61 Å². The van der Waals surface area contributed by atoms with Gasteiger partial charge in [-0.15, -0.1) is 0 Å². The van der Waals surface area contributed by atoms with E-state index in [1.165, 1.54) is 0 Å². The minimum atomic E-state index is -0.854. The van der Waals surface area contributed by atoms with Gasteiger partial charge in [0.05, 0.1) is 24.0 Å². The summed E-state index contributed by atoms with van der Waals surface area (Å²) in [4.78, 5) is 23.8. The number of hydrogen-bond acceptors (Lipinski definition) is 3. The molecule has 0 radical (unpaired) electrons. The third kappa shape index (κ3) is 2.06. The van der Waals surface area contributed by atoms with E-state index in [2.05, 4.69) is 5.32 Å². The summed E-state index contributed by atoms with van der Waals surface area (Å²) in [5.74, 6) is -1.84. The van der Waals surface area contributed by atoms with Crippen molar-refractivity contribution in [3.63, 3.8) is 0 Å². The van der Waals surface area contributed by atoms with Crippen LogP contribution in [0, 0.1) is 23.7 Å². The number of carboxylic acid groups (broad SMARTS) is 1. The highest BCUT2D eigenvalue weighted by Gasteiger charge is 2.52. The van der Waals surface area contributed by atoms with Crippen molar-refractivity contribution in [3.05, 3.63) is 12.2 Å². The van der Waals surface area contributed by atoms with Crippen molar-refractivity contribution in [2.24, 2.45) is 23.7 Å². The van der Waals surface area contributed by atoms with E-state index in [9.17, 15) is 14.7 Å². The average Bonchev–Trinajstić information content (AvgIpc) is 3.04. The lowest BCUT2D eigenvalue weighted by Gasteiger charge is -2.26. The van der Waals surface area contributed by atoms with Crippen molar-refractivity contribution < 1.29 is 19.4 Å². The molecule has 5 nitrogen and oxygen atoms in total. The van der Waals surface area contributed by atoms with Crippen LogP contribution in [0.1, 0.15) is 19.8 Å². The largest absolute Gasteiger partial charge is 0.481 e. The summed E-state index contributed by atoms with van der Waals surface area (Å²) in [7, 11) is 0. The van der Waals surface area contributed by atoms with Gasteiger partial charge in [0.15, 0.2) is 0 Å². The predicted octanol–water partition coefficient (Wildman–Crippen LogP) is 0.803. The fraction of sp³-hybridized carbons (Fsp3) is 0.714. The Bertz CT molecular complexity index is 433. The molecule has 3 rings (SSSR count). The molecule has 1 aliphatic heterocycles. The van der Waals surface area contributed by atoms with Gasteiger partial charge in [0.2, 0.25) is 5.91 Å². The van der Waals surface area contributed by atoms with Crippen LogP contribution in [-0.4, -0.2) is 35.7 Å². The van der Waals surface area contributed by atoms with Crippen molar-refractivity contribution in [1.82, 2.24) is 5.32 Å². The zero-order chi connectivity index (χ0) is 13.6. The first-order valence-corrected chi connectivity index (χ1v) is 6.91. The zero-order valence-electron chi connectivity index (χ0n) is 10.9. The molecule has 0 aromatic carbocycles. The minimum absolute atomic E-state index is 0.0151. The topological polar surface area (TPSA) is 75.6 Å². The van der Waals surface area contributed by atoms with Crippen LogP contribution in [0.5, 0.6) is 0 Å². The maximum atomic E-state index is 12.4. The van der Waals surface area contributed by atoms with Gasteiger partial charge < -0.3 is 15.2 Å². The van der Waals surface area contributed by atoms with Crippen molar-refractivity contribution in [1.29, 1.82) is 0 Å². The van der Waals surface area contributed by atoms with E-state index in [-0.39, 0.29) is 29.9 Å². The van der Waals surface area contributed by atoms with E-state index < -0.39 is 17.8 Å². The number of nitrogens with one attached hydrogen (secondary N) is 1. The number of allylic oxidation sites excluding steroid dienone is 2. The smallest absolute Gasteiger partial charge is 0.307 e. The summed E-state index contributed by atoms with van der Waals surface area (Å²) < 4.78 is 5.42. The van der Waals surface area contributed by atoms with E-state index in [0.29, 0.717) is 6.61 Å². The summed E-state index contributed by atoms with van der Waals surface area (Å²) in [6.07, 6.45) is 5.58. The molecule has 0 aromatic heterocycles. The predicted molar refractivity (Wildman–Crippen MR) is 67.3 cm³/mol. The molecule has 1 amide bonds. The van der Waals surface area contributed by atoms with E-state index in [4.69, 9.17) is 4.74 Å². The van der Waals surface area contributed by atoms with Crippen LogP contribution in [0.2, 0.25) is 0 Å². The highest BCUT2D eigenvalue weighted by Crippen LogP contribution is 2.48. The molecular formula is C14H19NO4. The molecule has 1 saturated carbocycles. The van der Waals surface area contributed by atoms with Crippen molar-refractivity contribution in [2.45, 2.75) is 31.9 Å². The third-order valence-electron chi connectivity index (χ3n) is 4.75. The lowest BCUT2D eigenvalue weighted by molar-refractivity contribution is -0.148. The number of carbonyl (C=O) groups is 2. The van der Waals surface area contributed by atoms with Crippen LogP contribution in [0.25, 0.3) is 0 Å². The lowest BCUT2D eigenvalue weighted by Crippen LogP contribution is -2.46. The third-order valence-corrected chi connectivity index (χ3v) is 4.75. The maximum absolute atomic E-state index is 12.4. The van der Waals surface area contributed by atoms with Gasteiger partial charge in [-0.05, 0) is 31.6 Å². The summed E-state index contributed by atoms with van der Waals surface area (Å²) in [6, 6.07) is 0.0186. The number of amides is 1. The van der Waals surface area contributed by atoms with E-state index in [1.807, 2.05) is 19.1 Å². The minimum Gasteiger partial charge on any atom is -0.481 e. The van der Waals surface area contributed by atoms with Crippen LogP contribution >= 0.6 is 0 Å². The Hall–Kier alpha value is -1.36. The molecule has 3 aliphatic rings. The van der Waals surface area contributed by atoms with Gasteiger partial charge in [-0.2, -0.15) is 0 Å². The number of rotatable bonds is 3. The SMILES string of the molecule is CC1OCCC1NC(=O)[C@H]1C2C=CC(C2)[C@H]1C(=O)O. The van der Waals surface area contributed by atoms with Crippen LogP contribution < -0.4 is 5.32 Å². The summed E-state index contributed by atoms with van der Waals surface area (Å²) >= 11 is 0. The second kappa shape index (κ2) is 4.63. The fourth-order valence-corrected chi connectivity index (χ4v) is 3.72. The Morgan fingerprint density at radius 2 is 1.95 bits per heavy atom. The van der Waals surface area contributed by atoms with E-state index >= 15 is 0 Å². The Labute approximate surface area is 112 Å². The second-order valence-electron chi connectivity index (χ2n) is 5.82. The van der Waals surface area contributed by atoms with Crippen LogP contribution in [0.15, 0.2) is 12.2 Å². The molecule has 2 fully saturated rings.